The van der Waals surface area contributed by atoms with E-state index in [1.807, 2.05) is 48.5 Å². The molecule has 1 aliphatic heterocycles. The van der Waals surface area contributed by atoms with Gasteiger partial charge in [0.1, 0.15) is 6.04 Å². The predicted octanol–water partition coefficient (Wildman–Crippen LogP) is 4.73. The quantitative estimate of drug-likeness (QED) is 0.371. The Balaban J connectivity index is 1.62. The van der Waals surface area contributed by atoms with Gasteiger partial charge in [-0.3, -0.25) is 9.71 Å². The van der Waals surface area contributed by atoms with Gasteiger partial charge in [-0.2, -0.15) is 0 Å². The maximum Gasteiger partial charge on any atom is 0.229 e. The van der Waals surface area contributed by atoms with Crippen molar-refractivity contribution >= 4 is 38.7 Å². The van der Waals surface area contributed by atoms with Gasteiger partial charge in [-0.25, -0.2) is 8.42 Å². The van der Waals surface area contributed by atoms with Crippen molar-refractivity contribution in [2.45, 2.75) is 19.0 Å². The Labute approximate surface area is 210 Å². The number of nitrogens with zero attached hydrogens (tertiary/aromatic N) is 3. The molecule has 2 aromatic carbocycles. The van der Waals surface area contributed by atoms with Crippen LogP contribution in [0.3, 0.4) is 0 Å². The van der Waals surface area contributed by atoms with Crippen molar-refractivity contribution in [3.05, 3.63) is 108 Å². The van der Waals surface area contributed by atoms with Crippen LogP contribution in [-0.2, 0) is 10.0 Å². The van der Waals surface area contributed by atoms with Crippen molar-refractivity contribution in [2.24, 2.45) is 0 Å². The average Bonchev–Trinajstić information content (AvgIpc) is 3.44. The van der Waals surface area contributed by atoms with Crippen LogP contribution in [0.1, 0.15) is 29.0 Å². The zero-order valence-corrected chi connectivity index (χ0v) is 20.9. The minimum atomic E-state index is -3.36. The molecule has 1 aliphatic rings. The summed E-state index contributed by atoms with van der Waals surface area (Å²) < 4.78 is 28.0. The lowest BCUT2D eigenvalue weighted by atomic mass is 10.0. The molecule has 0 aliphatic carbocycles. The van der Waals surface area contributed by atoms with Crippen molar-refractivity contribution in [3.8, 4) is 5.69 Å². The topological polar surface area (TPSA) is 79.3 Å². The number of aromatic nitrogens is 2. The number of pyridine rings is 1. The molecule has 2 aromatic heterocycles. The number of aryl methyl sites for hydroxylation is 1. The third-order valence-corrected chi connectivity index (χ3v) is 6.93. The van der Waals surface area contributed by atoms with Gasteiger partial charge in [-0.15, -0.1) is 0 Å². The van der Waals surface area contributed by atoms with Crippen molar-refractivity contribution in [1.82, 2.24) is 14.9 Å². The molecule has 1 fully saturated rings. The van der Waals surface area contributed by atoms with E-state index in [1.54, 1.807) is 18.3 Å². The third kappa shape index (κ3) is 4.65. The van der Waals surface area contributed by atoms with Gasteiger partial charge in [0.2, 0.25) is 10.0 Å². The van der Waals surface area contributed by atoms with Gasteiger partial charge in [0.25, 0.3) is 0 Å². The van der Waals surface area contributed by atoms with E-state index in [0.29, 0.717) is 10.8 Å². The number of benzene rings is 2. The second kappa shape index (κ2) is 9.16. The fourth-order valence-corrected chi connectivity index (χ4v) is 5.44. The second-order valence-corrected chi connectivity index (χ2v) is 10.6. The third-order valence-electron chi connectivity index (χ3n) is 6.01. The van der Waals surface area contributed by atoms with Crippen LogP contribution in [0, 0.1) is 6.92 Å². The Morgan fingerprint density at radius 3 is 2.40 bits per heavy atom. The molecule has 0 saturated carbocycles. The highest BCUT2D eigenvalue weighted by Crippen LogP contribution is 2.42. The van der Waals surface area contributed by atoms with E-state index in [-0.39, 0.29) is 12.1 Å². The van der Waals surface area contributed by atoms with Gasteiger partial charge >= 0.3 is 0 Å². The van der Waals surface area contributed by atoms with Crippen LogP contribution in [0.2, 0.25) is 0 Å². The highest BCUT2D eigenvalue weighted by molar-refractivity contribution is 7.92. The van der Waals surface area contributed by atoms with Crippen LogP contribution in [-0.4, -0.2) is 29.3 Å². The van der Waals surface area contributed by atoms with Crippen LogP contribution in [0.25, 0.3) is 5.69 Å². The lowest BCUT2D eigenvalue weighted by Crippen LogP contribution is -2.30. The number of hydrogen-bond donors (Lipinski definition) is 2. The maximum atomic E-state index is 11.6. The Kier molecular flexibility index (Phi) is 6.04. The normalized spacial score (nSPS) is 17.9. The lowest BCUT2D eigenvalue weighted by molar-refractivity contribution is 0.549. The summed E-state index contributed by atoms with van der Waals surface area (Å²) in [7, 11) is -3.36. The van der Waals surface area contributed by atoms with E-state index >= 15 is 0 Å². The molecule has 3 heterocycles. The summed E-state index contributed by atoms with van der Waals surface area (Å²) in [5.74, 6) is 0. The molecule has 0 bridgehead atoms. The molecular formula is C26H25N5O2S2. The molecule has 0 spiro atoms. The molecule has 2 atom stereocenters. The molecule has 9 heteroatoms. The summed E-state index contributed by atoms with van der Waals surface area (Å²) in [4.78, 5) is 6.70. The van der Waals surface area contributed by atoms with Crippen LogP contribution >= 0.6 is 12.2 Å². The van der Waals surface area contributed by atoms with Crippen molar-refractivity contribution in [1.29, 1.82) is 0 Å². The van der Waals surface area contributed by atoms with Gasteiger partial charge in [0.15, 0.2) is 5.11 Å². The Bertz CT molecular complexity index is 1470. The SMILES string of the molecule is Cc1ccccc1-n1cccc1[C@H]1[C@H](c2ccccn2)NC(=S)N1c1ccc(NS(C)(=O)=O)cc1. The van der Waals surface area contributed by atoms with E-state index in [2.05, 4.69) is 55.8 Å². The number of hydrogen-bond acceptors (Lipinski definition) is 4. The number of sulfonamides is 1. The second-order valence-electron chi connectivity index (χ2n) is 8.51. The summed E-state index contributed by atoms with van der Waals surface area (Å²) in [5, 5.41) is 4.05. The van der Waals surface area contributed by atoms with Crippen LogP contribution in [0.5, 0.6) is 0 Å². The molecule has 35 heavy (non-hydrogen) atoms. The molecule has 4 aromatic rings. The first-order chi connectivity index (χ1) is 16.8. The number of thiocarbonyl (C=S) groups is 1. The molecule has 2 N–H and O–H groups in total. The smallest absolute Gasteiger partial charge is 0.229 e. The summed E-state index contributed by atoms with van der Waals surface area (Å²) in [5.41, 5.74) is 5.54. The van der Waals surface area contributed by atoms with Crippen LogP contribution in [0.4, 0.5) is 11.4 Å². The monoisotopic (exact) mass is 503 g/mol. The Morgan fingerprint density at radius 1 is 0.971 bits per heavy atom. The summed E-state index contributed by atoms with van der Waals surface area (Å²) in [6, 6.07) is 25.1. The van der Waals surface area contributed by atoms with E-state index < -0.39 is 10.0 Å². The van der Waals surface area contributed by atoms with Crippen molar-refractivity contribution in [3.63, 3.8) is 0 Å². The molecule has 178 valence electrons. The molecule has 0 amide bonds. The first kappa shape index (κ1) is 23.1. The van der Waals surface area contributed by atoms with E-state index in [1.165, 1.54) is 0 Å². The number of rotatable bonds is 6. The Morgan fingerprint density at radius 2 is 1.71 bits per heavy atom. The summed E-state index contributed by atoms with van der Waals surface area (Å²) in [6.45, 7) is 2.10. The number of anilines is 2. The van der Waals surface area contributed by atoms with Crippen LogP contribution in [0.15, 0.2) is 91.3 Å². The molecule has 0 radical (unpaired) electrons. The average molecular weight is 504 g/mol. The van der Waals surface area contributed by atoms with Crippen molar-refractivity contribution in [2.75, 3.05) is 15.9 Å². The molecule has 5 rings (SSSR count). The lowest BCUT2D eigenvalue weighted by Gasteiger charge is -2.29. The van der Waals surface area contributed by atoms with Crippen molar-refractivity contribution < 1.29 is 8.42 Å². The molecule has 7 nitrogen and oxygen atoms in total. The first-order valence-electron chi connectivity index (χ1n) is 11.1. The van der Waals surface area contributed by atoms with E-state index in [0.717, 1.165) is 34.6 Å². The fraction of sp³-hybridized carbons (Fsp3) is 0.154. The highest BCUT2D eigenvalue weighted by atomic mass is 32.2. The van der Waals surface area contributed by atoms with E-state index in [9.17, 15) is 8.42 Å². The first-order valence-corrected chi connectivity index (χ1v) is 13.4. The summed E-state index contributed by atoms with van der Waals surface area (Å²) >= 11 is 5.82. The van der Waals surface area contributed by atoms with Gasteiger partial charge in [-0.05, 0) is 79.3 Å². The van der Waals surface area contributed by atoms with Gasteiger partial charge < -0.3 is 14.8 Å². The van der Waals surface area contributed by atoms with E-state index in [4.69, 9.17) is 12.2 Å². The highest BCUT2D eigenvalue weighted by Gasteiger charge is 2.42. The minimum absolute atomic E-state index is 0.185. The summed E-state index contributed by atoms with van der Waals surface area (Å²) in [6.07, 6.45) is 4.98. The number of para-hydroxylation sites is 1. The molecule has 1 saturated heterocycles. The molecule has 0 unspecified atom stereocenters. The largest absolute Gasteiger partial charge is 0.351 e. The minimum Gasteiger partial charge on any atom is -0.351 e. The van der Waals surface area contributed by atoms with Gasteiger partial charge in [0.05, 0.1) is 18.0 Å². The predicted molar refractivity (Wildman–Crippen MR) is 143 cm³/mol. The standard InChI is InChI=1S/C26H25N5O2S2/c1-18-8-3-4-10-22(18)30-17-7-11-23(30)25-24(21-9-5-6-16-27-21)28-26(34)31(25)20-14-12-19(13-15-20)29-35(2,32)33/h3-17,24-25,29H,1-2H3,(H,28,34)/t24-,25-/m0/s1. The Hall–Kier alpha value is -3.69. The maximum absolute atomic E-state index is 11.6. The number of nitrogens with one attached hydrogen (secondary N) is 2. The fourth-order valence-electron chi connectivity index (χ4n) is 4.53. The zero-order chi connectivity index (χ0) is 24.6. The zero-order valence-electron chi connectivity index (χ0n) is 19.3. The van der Waals surface area contributed by atoms with Crippen LogP contribution < -0.4 is 14.9 Å². The van der Waals surface area contributed by atoms with Gasteiger partial charge in [0, 0.05) is 35.1 Å². The molecular weight excluding hydrogens is 478 g/mol. The van der Waals surface area contributed by atoms with Gasteiger partial charge in [-0.1, -0.05) is 24.3 Å².